The zero-order valence-electron chi connectivity index (χ0n) is 12.2. The fourth-order valence-electron chi connectivity index (χ4n) is 2.02. The number of hydrogen-bond donors (Lipinski definition) is 2. The van der Waals surface area contributed by atoms with Crippen molar-refractivity contribution in [1.82, 2.24) is 0 Å². The summed E-state index contributed by atoms with van der Waals surface area (Å²) in [5, 5.41) is 17.9. The summed E-state index contributed by atoms with van der Waals surface area (Å²) >= 11 is 0. The average Bonchev–Trinajstić information content (AvgIpc) is 2.53. The number of carboxylic acid groups (broad SMARTS) is 2. The van der Waals surface area contributed by atoms with Gasteiger partial charge in [0.05, 0.1) is 11.1 Å². The lowest BCUT2D eigenvalue weighted by Crippen LogP contribution is -2.19. The van der Waals surface area contributed by atoms with Crippen molar-refractivity contribution >= 4 is 23.9 Å². The van der Waals surface area contributed by atoms with Gasteiger partial charge in [0.25, 0.3) is 0 Å². The summed E-state index contributed by atoms with van der Waals surface area (Å²) in [6.07, 6.45) is 0. The molecule has 25 heavy (non-hydrogen) atoms. The van der Waals surface area contributed by atoms with Crippen LogP contribution in [0, 0.1) is 11.6 Å². The van der Waals surface area contributed by atoms with Gasteiger partial charge in [-0.15, -0.1) is 0 Å². The molecule has 0 aliphatic rings. The molecule has 2 rings (SSSR count). The van der Waals surface area contributed by atoms with E-state index in [0.29, 0.717) is 0 Å². The fourth-order valence-corrected chi connectivity index (χ4v) is 2.02. The highest BCUT2D eigenvalue weighted by atomic mass is 19.1. The Labute approximate surface area is 138 Å². The SMILES string of the molecule is O=C(OC(=O)c1cccc(F)c1C(=O)O)c1cccc(F)c1C(=O)O. The highest BCUT2D eigenvalue weighted by molar-refractivity contribution is 6.10. The molecule has 0 saturated carbocycles. The molecule has 0 unspecified atom stereocenters. The zero-order valence-corrected chi connectivity index (χ0v) is 12.2. The molecular weight excluding hydrogens is 342 g/mol. The van der Waals surface area contributed by atoms with E-state index in [1.165, 1.54) is 0 Å². The number of halogens is 2. The first-order valence-corrected chi connectivity index (χ1v) is 6.54. The molecule has 0 amide bonds. The van der Waals surface area contributed by atoms with Crippen molar-refractivity contribution in [2.75, 3.05) is 0 Å². The molecular formula is C16H8F2O7. The van der Waals surface area contributed by atoms with Crippen molar-refractivity contribution in [2.45, 2.75) is 0 Å². The molecule has 7 nitrogen and oxygen atoms in total. The van der Waals surface area contributed by atoms with Gasteiger partial charge in [-0.1, -0.05) is 12.1 Å². The number of hydrogen-bond acceptors (Lipinski definition) is 5. The number of rotatable bonds is 4. The molecule has 2 N–H and O–H groups in total. The minimum Gasteiger partial charge on any atom is -0.478 e. The van der Waals surface area contributed by atoms with E-state index < -0.39 is 57.8 Å². The lowest BCUT2D eigenvalue weighted by atomic mass is 10.1. The summed E-state index contributed by atoms with van der Waals surface area (Å²) in [5.74, 6) is -9.05. The summed E-state index contributed by atoms with van der Waals surface area (Å²) in [7, 11) is 0. The van der Waals surface area contributed by atoms with Crippen LogP contribution in [0.4, 0.5) is 8.78 Å². The maximum Gasteiger partial charge on any atom is 0.347 e. The van der Waals surface area contributed by atoms with Crippen LogP contribution in [0.15, 0.2) is 36.4 Å². The Morgan fingerprint density at radius 3 is 1.40 bits per heavy atom. The van der Waals surface area contributed by atoms with E-state index in [0.717, 1.165) is 36.4 Å². The third-order valence-electron chi connectivity index (χ3n) is 3.08. The molecule has 0 heterocycles. The average molecular weight is 350 g/mol. The Hall–Kier alpha value is -3.62. The quantitative estimate of drug-likeness (QED) is 0.642. The second kappa shape index (κ2) is 6.87. The minimum atomic E-state index is -1.77. The predicted molar refractivity (Wildman–Crippen MR) is 76.5 cm³/mol. The van der Waals surface area contributed by atoms with Gasteiger partial charge in [-0.25, -0.2) is 28.0 Å². The second-order valence-corrected chi connectivity index (χ2v) is 4.61. The van der Waals surface area contributed by atoms with E-state index in [2.05, 4.69) is 4.74 Å². The summed E-state index contributed by atoms with van der Waals surface area (Å²) in [5.41, 5.74) is -3.54. The third kappa shape index (κ3) is 3.50. The molecule has 9 heteroatoms. The Kier molecular flexibility index (Phi) is 4.87. The minimum absolute atomic E-state index is 0.755. The van der Waals surface area contributed by atoms with Crippen LogP contribution < -0.4 is 0 Å². The van der Waals surface area contributed by atoms with Crippen LogP contribution in [0.3, 0.4) is 0 Å². The first-order valence-electron chi connectivity index (χ1n) is 6.54. The standard InChI is InChI=1S/C16H8F2O7/c17-9-5-1-3-7(11(9)13(19)20)15(23)25-16(24)8-4-2-6-10(18)12(8)14(21)22/h1-6H,(H,19,20)(H,21,22). The molecule has 128 valence electrons. The van der Waals surface area contributed by atoms with E-state index in [1.54, 1.807) is 0 Å². The van der Waals surface area contributed by atoms with Crippen LogP contribution in [0.25, 0.3) is 0 Å². The van der Waals surface area contributed by atoms with E-state index in [4.69, 9.17) is 10.2 Å². The van der Waals surface area contributed by atoms with Crippen LogP contribution in [0.5, 0.6) is 0 Å². The summed E-state index contributed by atoms with van der Waals surface area (Å²) in [6, 6.07) is 5.44. The predicted octanol–water partition coefficient (Wildman–Crippen LogP) is 2.36. The van der Waals surface area contributed by atoms with Crippen LogP contribution >= 0.6 is 0 Å². The number of aromatic carboxylic acids is 2. The van der Waals surface area contributed by atoms with E-state index in [1.807, 2.05) is 0 Å². The molecule has 2 aromatic carbocycles. The van der Waals surface area contributed by atoms with Gasteiger partial charge >= 0.3 is 23.9 Å². The lowest BCUT2D eigenvalue weighted by molar-refractivity contribution is 0.0385. The molecule has 0 spiro atoms. The third-order valence-corrected chi connectivity index (χ3v) is 3.08. The van der Waals surface area contributed by atoms with Gasteiger partial charge in [0.15, 0.2) is 0 Å². The molecule has 0 radical (unpaired) electrons. The highest BCUT2D eigenvalue weighted by Crippen LogP contribution is 2.18. The van der Waals surface area contributed by atoms with Crippen molar-refractivity contribution in [3.05, 3.63) is 70.3 Å². The molecule has 0 bridgehead atoms. The number of benzene rings is 2. The molecule has 0 aliphatic heterocycles. The number of carbonyl (C=O) groups excluding carboxylic acids is 2. The van der Waals surface area contributed by atoms with Gasteiger partial charge < -0.3 is 14.9 Å². The van der Waals surface area contributed by atoms with Crippen LogP contribution in [-0.2, 0) is 4.74 Å². The van der Waals surface area contributed by atoms with Gasteiger partial charge in [0, 0.05) is 0 Å². The second-order valence-electron chi connectivity index (χ2n) is 4.61. The summed E-state index contributed by atoms with van der Waals surface area (Å²) in [6.45, 7) is 0. The first kappa shape index (κ1) is 17.7. The van der Waals surface area contributed by atoms with Crippen molar-refractivity contribution < 1.29 is 42.9 Å². The molecule has 0 aromatic heterocycles. The number of carboxylic acids is 2. The Morgan fingerprint density at radius 1 is 0.720 bits per heavy atom. The van der Waals surface area contributed by atoms with Gasteiger partial charge in [-0.05, 0) is 24.3 Å². The summed E-state index contributed by atoms with van der Waals surface area (Å²) < 4.78 is 31.5. The Morgan fingerprint density at radius 2 is 1.08 bits per heavy atom. The van der Waals surface area contributed by atoms with Gasteiger partial charge in [0.2, 0.25) is 0 Å². The van der Waals surface area contributed by atoms with Gasteiger partial charge in [-0.3, -0.25) is 0 Å². The number of ether oxygens (including phenoxy) is 1. The van der Waals surface area contributed by atoms with Crippen molar-refractivity contribution in [3.63, 3.8) is 0 Å². The Balaban J connectivity index is 2.39. The van der Waals surface area contributed by atoms with E-state index >= 15 is 0 Å². The topological polar surface area (TPSA) is 118 Å². The summed E-state index contributed by atoms with van der Waals surface area (Å²) in [4.78, 5) is 46.0. The normalized spacial score (nSPS) is 10.2. The fraction of sp³-hybridized carbons (Fsp3) is 0. The van der Waals surface area contributed by atoms with Gasteiger partial charge in [-0.2, -0.15) is 0 Å². The largest absolute Gasteiger partial charge is 0.478 e. The smallest absolute Gasteiger partial charge is 0.347 e. The van der Waals surface area contributed by atoms with Gasteiger partial charge in [0.1, 0.15) is 22.8 Å². The molecule has 0 fully saturated rings. The van der Waals surface area contributed by atoms with Crippen molar-refractivity contribution in [3.8, 4) is 0 Å². The lowest BCUT2D eigenvalue weighted by Gasteiger charge is -2.08. The Bertz CT molecular complexity index is 832. The first-order chi connectivity index (χ1) is 11.7. The van der Waals surface area contributed by atoms with Crippen LogP contribution in [0.2, 0.25) is 0 Å². The molecule has 0 saturated heterocycles. The van der Waals surface area contributed by atoms with E-state index in [9.17, 15) is 28.0 Å². The van der Waals surface area contributed by atoms with Crippen LogP contribution in [0.1, 0.15) is 41.4 Å². The molecule has 0 atom stereocenters. The number of carbonyl (C=O) groups is 4. The number of esters is 2. The maximum atomic E-state index is 13.5. The van der Waals surface area contributed by atoms with Crippen molar-refractivity contribution in [2.24, 2.45) is 0 Å². The monoisotopic (exact) mass is 350 g/mol. The zero-order chi connectivity index (χ0) is 18.7. The highest BCUT2D eigenvalue weighted by Gasteiger charge is 2.27. The van der Waals surface area contributed by atoms with Crippen molar-refractivity contribution in [1.29, 1.82) is 0 Å². The van der Waals surface area contributed by atoms with Crippen LogP contribution in [-0.4, -0.2) is 34.1 Å². The maximum absolute atomic E-state index is 13.5. The van der Waals surface area contributed by atoms with E-state index in [-0.39, 0.29) is 0 Å². The molecule has 0 aliphatic carbocycles. The molecule has 2 aromatic rings.